The normalized spacial score (nSPS) is 20.2. The predicted molar refractivity (Wildman–Crippen MR) is 106 cm³/mol. The minimum atomic E-state index is -0.573. The summed E-state index contributed by atoms with van der Waals surface area (Å²) in [6.45, 7) is 8.71. The predicted octanol–water partition coefficient (Wildman–Crippen LogP) is 2.51. The van der Waals surface area contributed by atoms with Crippen molar-refractivity contribution in [1.82, 2.24) is 20.2 Å². The van der Waals surface area contributed by atoms with Crippen LogP contribution in [0.4, 0.5) is 10.6 Å². The van der Waals surface area contributed by atoms with Crippen LogP contribution in [-0.4, -0.2) is 58.8 Å². The molecular weight excluding hydrogens is 380 g/mol. The number of piperazine rings is 1. The van der Waals surface area contributed by atoms with Crippen LogP contribution in [0, 0.1) is 11.3 Å². The molecule has 1 aromatic heterocycles. The van der Waals surface area contributed by atoms with Gasteiger partial charge in [0.15, 0.2) is 0 Å². The van der Waals surface area contributed by atoms with Crippen LogP contribution in [0.5, 0.6) is 0 Å². The smallest absolute Gasteiger partial charge is 0.410 e. The third kappa shape index (κ3) is 4.83. The molecule has 2 aliphatic rings. The summed E-state index contributed by atoms with van der Waals surface area (Å²) >= 11 is 6.19. The number of nitrogens with zero attached hydrogens (tertiary/aromatic N) is 5. The zero-order chi connectivity index (χ0) is 20.3. The molecule has 3 rings (SSSR count). The van der Waals surface area contributed by atoms with Crippen molar-refractivity contribution < 1.29 is 9.53 Å². The number of hydrogen-bond acceptors (Lipinski definition) is 7. The second-order valence-electron chi connectivity index (χ2n) is 8.16. The van der Waals surface area contributed by atoms with Crippen molar-refractivity contribution in [2.45, 2.75) is 58.2 Å². The number of nitriles is 1. The van der Waals surface area contributed by atoms with Crippen LogP contribution < -0.4 is 10.2 Å². The van der Waals surface area contributed by atoms with E-state index in [1.54, 1.807) is 4.90 Å². The fraction of sp³-hybridized carbons (Fsp3) is 0.684. The van der Waals surface area contributed by atoms with Gasteiger partial charge in [0, 0.05) is 31.7 Å². The van der Waals surface area contributed by atoms with E-state index >= 15 is 0 Å². The third-order valence-corrected chi connectivity index (χ3v) is 5.02. The summed E-state index contributed by atoms with van der Waals surface area (Å²) in [5, 5.41) is 12.9. The Morgan fingerprint density at radius 1 is 1.39 bits per heavy atom. The first-order valence-electron chi connectivity index (χ1n) is 9.66. The number of amides is 1. The first-order valence-corrected chi connectivity index (χ1v) is 10.0. The fourth-order valence-electron chi connectivity index (χ4n) is 3.64. The molecule has 0 aliphatic carbocycles. The second kappa shape index (κ2) is 8.50. The number of fused-ring (bicyclic) bond motifs is 1. The highest BCUT2D eigenvalue weighted by molar-refractivity contribution is 6.28. The Hall–Kier alpha value is -2.11. The Morgan fingerprint density at radius 2 is 2.18 bits per heavy atom. The molecule has 1 aromatic rings. The number of aromatic nitrogens is 2. The highest BCUT2D eigenvalue weighted by Crippen LogP contribution is 2.28. The van der Waals surface area contributed by atoms with Gasteiger partial charge in [-0.2, -0.15) is 5.26 Å². The summed E-state index contributed by atoms with van der Waals surface area (Å²) < 4.78 is 5.52. The van der Waals surface area contributed by atoms with E-state index in [0.717, 1.165) is 36.5 Å². The van der Waals surface area contributed by atoms with Gasteiger partial charge in [0.05, 0.1) is 24.2 Å². The van der Waals surface area contributed by atoms with Crippen LogP contribution in [0.2, 0.25) is 5.28 Å². The van der Waals surface area contributed by atoms with Gasteiger partial charge in [-0.1, -0.05) is 0 Å². The number of halogens is 1. The molecule has 0 bridgehead atoms. The van der Waals surface area contributed by atoms with Gasteiger partial charge in [-0.3, -0.25) is 0 Å². The first-order chi connectivity index (χ1) is 13.3. The maximum atomic E-state index is 12.6. The molecule has 3 heterocycles. The van der Waals surface area contributed by atoms with Gasteiger partial charge < -0.3 is 19.9 Å². The number of anilines is 1. The lowest BCUT2D eigenvalue weighted by molar-refractivity contribution is 0.0145. The Bertz CT molecular complexity index is 773. The van der Waals surface area contributed by atoms with Gasteiger partial charge in [-0.15, -0.1) is 0 Å². The summed E-state index contributed by atoms with van der Waals surface area (Å²) in [4.78, 5) is 25.3. The Labute approximate surface area is 170 Å². The molecule has 28 heavy (non-hydrogen) atoms. The van der Waals surface area contributed by atoms with Gasteiger partial charge in [-0.05, 0) is 51.8 Å². The van der Waals surface area contributed by atoms with Crippen molar-refractivity contribution in [1.29, 1.82) is 5.26 Å². The molecule has 152 valence electrons. The van der Waals surface area contributed by atoms with E-state index in [1.807, 2.05) is 20.8 Å². The lowest BCUT2D eigenvalue weighted by Crippen LogP contribution is -2.56. The Kier molecular flexibility index (Phi) is 6.26. The van der Waals surface area contributed by atoms with Crippen LogP contribution in [0.3, 0.4) is 0 Å². The average Bonchev–Trinajstić information content (AvgIpc) is 2.85. The van der Waals surface area contributed by atoms with Crippen molar-refractivity contribution in [3.63, 3.8) is 0 Å². The standard InChI is InChI=1S/C19H27ClN6O2/c1-19(2,3)28-18(27)26-10-9-25(12-13(26)6-7-21)16-14-5-4-8-22-11-15(14)23-17(20)24-16/h13,22H,4-6,8-12H2,1-3H3. The highest BCUT2D eigenvalue weighted by Gasteiger charge is 2.35. The third-order valence-electron chi connectivity index (χ3n) is 4.85. The van der Waals surface area contributed by atoms with E-state index < -0.39 is 5.60 Å². The molecule has 9 heteroatoms. The van der Waals surface area contributed by atoms with Gasteiger partial charge in [-0.25, -0.2) is 14.8 Å². The van der Waals surface area contributed by atoms with Crippen molar-refractivity contribution in [3.8, 4) is 6.07 Å². The number of carbonyl (C=O) groups excluding carboxylic acids is 1. The summed E-state index contributed by atoms with van der Waals surface area (Å²) in [7, 11) is 0. The molecule has 1 atom stereocenters. The Balaban J connectivity index is 1.84. The van der Waals surface area contributed by atoms with E-state index in [-0.39, 0.29) is 23.8 Å². The average molecular weight is 407 g/mol. The molecule has 8 nitrogen and oxygen atoms in total. The van der Waals surface area contributed by atoms with E-state index in [4.69, 9.17) is 16.3 Å². The molecule has 0 saturated carbocycles. The largest absolute Gasteiger partial charge is 0.444 e. The number of nitrogens with one attached hydrogen (secondary N) is 1. The number of hydrogen-bond donors (Lipinski definition) is 1. The van der Waals surface area contributed by atoms with Crippen molar-refractivity contribution in [3.05, 3.63) is 16.5 Å². The molecule has 1 unspecified atom stereocenters. The van der Waals surface area contributed by atoms with E-state index in [2.05, 4.69) is 26.3 Å². The van der Waals surface area contributed by atoms with Gasteiger partial charge in [0.25, 0.3) is 0 Å². The molecule has 1 N–H and O–H groups in total. The van der Waals surface area contributed by atoms with Crippen LogP contribution >= 0.6 is 11.6 Å². The van der Waals surface area contributed by atoms with Crippen molar-refractivity contribution in [2.24, 2.45) is 0 Å². The zero-order valence-electron chi connectivity index (χ0n) is 16.7. The maximum absolute atomic E-state index is 12.6. The van der Waals surface area contributed by atoms with Crippen LogP contribution in [0.1, 0.15) is 44.9 Å². The molecule has 0 aromatic carbocycles. The monoisotopic (exact) mass is 406 g/mol. The minimum Gasteiger partial charge on any atom is -0.444 e. The molecule has 1 fully saturated rings. The summed E-state index contributed by atoms with van der Waals surface area (Å²) in [6.07, 6.45) is 1.74. The quantitative estimate of drug-likeness (QED) is 0.754. The summed E-state index contributed by atoms with van der Waals surface area (Å²) in [6, 6.07) is 1.93. The maximum Gasteiger partial charge on any atom is 0.410 e. The van der Waals surface area contributed by atoms with Crippen LogP contribution in [0.25, 0.3) is 0 Å². The van der Waals surface area contributed by atoms with Crippen LogP contribution in [0.15, 0.2) is 0 Å². The molecule has 0 radical (unpaired) electrons. The molecule has 0 spiro atoms. The summed E-state index contributed by atoms with van der Waals surface area (Å²) in [5.74, 6) is 0.825. The van der Waals surface area contributed by atoms with E-state index in [9.17, 15) is 10.1 Å². The zero-order valence-corrected chi connectivity index (χ0v) is 17.4. The molecule has 1 amide bonds. The molecular formula is C19H27ClN6O2. The highest BCUT2D eigenvalue weighted by atomic mass is 35.5. The first kappa shape index (κ1) is 20.6. The van der Waals surface area contributed by atoms with Gasteiger partial charge >= 0.3 is 6.09 Å². The van der Waals surface area contributed by atoms with E-state index in [1.165, 1.54) is 0 Å². The number of carbonyl (C=O) groups is 1. The van der Waals surface area contributed by atoms with Crippen molar-refractivity contribution in [2.75, 3.05) is 31.1 Å². The SMILES string of the molecule is CC(C)(C)OC(=O)N1CCN(c2nc(Cl)nc3c2CCCNC3)CC1CC#N. The molecule has 1 saturated heterocycles. The van der Waals surface area contributed by atoms with Crippen molar-refractivity contribution >= 4 is 23.5 Å². The second-order valence-corrected chi connectivity index (χ2v) is 8.50. The Morgan fingerprint density at radius 3 is 2.89 bits per heavy atom. The lowest BCUT2D eigenvalue weighted by atomic mass is 10.1. The molecule has 2 aliphatic heterocycles. The summed E-state index contributed by atoms with van der Waals surface area (Å²) in [5.41, 5.74) is 1.46. The fourth-order valence-corrected chi connectivity index (χ4v) is 3.82. The topological polar surface area (TPSA) is 94.4 Å². The van der Waals surface area contributed by atoms with E-state index in [0.29, 0.717) is 26.2 Å². The lowest BCUT2D eigenvalue weighted by Gasteiger charge is -2.42. The number of rotatable bonds is 2. The minimum absolute atomic E-state index is 0.226. The van der Waals surface area contributed by atoms with Gasteiger partial charge in [0.2, 0.25) is 5.28 Å². The van der Waals surface area contributed by atoms with Crippen LogP contribution in [-0.2, 0) is 17.7 Å². The van der Waals surface area contributed by atoms with Gasteiger partial charge in [0.1, 0.15) is 11.4 Å². The number of ether oxygens (including phenoxy) is 1.